The number of amides is 1. The molecule has 0 radical (unpaired) electrons. The predicted molar refractivity (Wildman–Crippen MR) is 114 cm³/mol. The highest BCUT2D eigenvalue weighted by Crippen LogP contribution is 2.35. The summed E-state index contributed by atoms with van der Waals surface area (Å²) in [6.45, 7) is 2.19. The van der Waals surface area contributed by atoms with Gasteiger partial charge in [-0.25, -0.2) is 8.78 Å². The van der Waals surface area contributed by atoms with Gasteiger partial charge in [0, 0.05) is 38.3 Å². The first-order valence-corrected chi connectivity index (χ1v) is 10.3. The summed E-state index contributed by atoms with van der Waals surface area (Å²) < 4.78 is 33.9. The van der Waals surface area contributed by atoms with Crippen LogP contribution in [0.1, 0.15) is 15.9 Å². The molecule has 1 fully saturated rings. The fraction of sp³-hybridized carbons (Fsp3) is 0.240. The van der Waals surface area contributed by atoms with Crippen molar-refractivity contribution < 1.29 is 18.3 Å². The van der Waals surface area contributed by atoms with Crippen LogP contribution in [0.2, 0.25) is 0 Å². The van der Waals surface area contributed by atoms with E-state index in [-0.39, 0.29) is 23.6 Å². The molecule has 0 aromatic heterocycles. The van der Waals surface area contributed by atoms with E-state index < -0.39 is 11.6 Å². The Morgan fingerprint density at radius 2 is 1.74 bits per heavy atom. The normalized spacial score (nSPS) is 20.7. The van der Waals surface area contributed by atoms with Gasteiger partial charge in [-0.15, -0.1) is 0 Å². The van der Waals surface area contributed by atoms with Crippen LogP contribution in [0, 0.1) is 11.6 Å². The van der Waals surface area contributed by atoms with Crippen LogP contribution in [0.15, 0.2) is 66.7 Å². The standard InChI is InChI=1S/C25H22F2N2O2/c1-28-22-14-29(13-16-5-3-2-4-6-16)15-24(22)31-23-11-17(7-9-20(23)25(28)30)19-10-8-18(26)12-21(19)27/h2-12,22,24H,13-15H2,1H3. The second-order valence-electron chi connectivity index (χ2n) is 8.15. The third-order valence-corrected chi connectivity index (χ3v) is 6.11. The molecule has 2 aliphatic rings. The molecule has 0 spiro atoms. The monoisotopic (exact) mass is 420 g/mol. The Labute approximate surface area is 179 Å². The summed E-state index contributed by atoms with van der Waals surface area (Å²) in [5, 5.41) is 0. The lowest BCUT2D eigenvalue weighted by Gasteiger charge is -2.25. The summed E-state index contributed by atoms with van der Waals surface area (Å²) in [7, 11) is 1.80. The van der Waals surface area contributed by atoms with E-state index in [0.717, 1.165) is 19.2 Å². The Morgan fingerprint density at radius 1 is 0.968 bits per heavy atom. The number of likely N-dealkylation sites (N-methyl/N-ethyl adjacent to an activating group) is 1. The molecule has 6 heteroatoms. The van der Waals surface area contributed by atoms with E-state index >= 15 is 0 Å². The lowest BCUT2D eigenvalue weighted by Crippen LogP contribution is -2.44. The third kappa shape index (κ3) is 3.68. The van der Waals surface area contributed by atoms with Crippen LogP contribution in [0.5, 0.6) is 5.75 Å². The van der Waals surface area contributed by atoms with Crippen molar-refractivity contribution in [1.82, 2.24) is 9.80 Å². The zero-order valence-electron chi connectivity index (χ0n) is 17.1. The lowest BCUT2D eigenvalue weighted by atomic mass is 10.0. The van der Waals surface area contributed by atoms with Crippen LogP contribution < -0.4 is 4.74 Å². The number of fused-ring (bicyclic) bond motifs is 2. The van der Waals surface area contributed by atoms with Gasteiger partial charge in [0.25, 0.3) is 5.91 Å². The largest absolute Gasteiger partial charge is 0.486 e. The number of carbonyl (C=O) groups excluding carboxylic acids is 1. The quantitative estimate of drug-likeness (QED) is 0.632. The van der Waals surface area contributed by atoms with E-state index in [9.17, 15) is 13.6 Å². The molecule has 0 saturated carbocycles. The van der Waals surface area contributed by atoms with Crippen molar-refractivity contribution in [3.05, 3.63) is 89.5 Å². The fourth-order valence-corrected chi connectivity index (χ4v) is 4.48. The molecule has 0 N–H and O–H groups in total. The van der Waals surface area contributed by atoms with Crippen molar-refractivity contribution in [2.45, 2.75) is 18.7 Å². The van der Waals surface area contributed by atoms with Gasteiger partial charge in [-0.05, 0) is 35.4 Å². The van der Waals surface area contributed by atoms with Crippen LogP contribution in [-0.2, 0) is 6.54 Å². The Morgan fingerprint density at radius 3 is 2.52 bits per heavy atom. The van der Waals surface area contributed by atoms with Gasteiger partial charge in [-0.2, -0.15) is 0 Å². The predicted octanol–water partition coefficient (Wildman–Crippen LogP) is 4.35. The van der Waals surface area contributed by atoms with Crippen LogP contribution in [-0.4, -0.2) is 48.0 Å². The van der Waals surface area contributed by atoms with Gasteiger partial charge < -0.3 is 9.64 Å². The summed E-state index contributed by atoms with van der Waals surface area (Å²) in [4.78, 5) is 17.1. The highest BCUT2D eigenvalue weighted by atomic mass is 19.1. The molecule has 2 aliphatic heterocycles. The molecule has 0 aliphatic carbocycles. The van der Waals surface area contributed by atoms with E-state index in [2.05, 4.69) is 17.0 Å². The van der Waals surface area contributed by atoms with Crippen LogP contribution >= 0.6 is 0 Å². The summed E-state index contributed by atoms with van der Waals surface area (Å²) in [6.07, 6.45) is -0.188. The number of carbonyl (C=O) groups is 1. The van der Waals surface area contributed by atoms with Crippen LogP contribution in [0.4, 0.5) is 8.78 Å². The van der Waals surface area contributed by atoms with Gasteiger partial charge >= 0.3 is 0 Å². The van der Waals surface area contributed by atoms with Crippen molar-refractivity contribution in [3.63, 3.8) is 0 Å². The Kier molecular flexibility index (Phi) is 4.94. The molecular formula is C25H22F2N2O2. The van der Waals surface area contributed by atoms with Gasteiger partial charge in [0.1, 0.15) is 23.5 Å². The maximum atomic E-state index is 14.3. The molecule has 2 unspecified atom stereocenters. The molecule has 2 atom stereocenters. The molecule has 4 nitrogen and oxygen atoms in total. The van der Waals surface area contributed by atoms with Crippen molar-refractivity contribution in [2.75, 3.05) is 20.1 Å². The van der Waals surface area contributed by atoms with E-state index in [0.29, 0.717) is 23.4 Å². The molecule has 31 heavy (non-hydrogen) atoms. The van der Waals surface area contributed by atoms with E-state index in [4.69, 9.17) is 4.74 Å². The Hall–Kier alpha value is -3.25. The van der Waals surface area contributed by atoms with E-state index in [1.54, 1.807) is 30.1 Å². The average molecular weight is 420 g/mol. The van der Waals surface area contributed by atoms with E-state index in [1.165, 1.54) is 17.7 Å². The minimum atomic E-state index is -0.648. The van der Waals surface area contributed by atoms with Gasteiger partial charge in [-0.1, -0.05) is 36.4 Å². The maximum absolute atomic E-state index is 14.3. The molecule has 5 rings (SSSR count). The number of likely N-dealkylation sites (tertiary alicyclic amines) is 1. The molecule has 0 bridgehead atoms. The first-order chi connectivity index (χ1) is 15.0. The first-order valence-electron chi connectivity index (χ1n) is 10.3. The van der Waals surface area contributed by atoms with Crippen LogP contribution in [0.25, 0.3) is 11.1 Å². The number of ether oxygens (including phenoxy) is 1. The molecule has 1 saturated heterocycles. The lowest BCUT2D eigenvalue weighted by molar-refractivity contribution is 0.0682. The smallest absolute Gasteiger partial charge is 0.257 e. The molecule has 158 valence electrons. The third-order valence-electron chi connectivity index (χ3n) is 6.11. The summed E-state index contributed by atoms with van der Waals surface area (Å²) in [5.74, 6) is -0.955. The number of rotatable bonds is 3. The van der Waals surface area contributed by atoms with Gasteiger partial charge in [0.15, 0.2) is 0 Å². The topological polar surface area (TPSA) is 32.8 Å². The molecule has 2 heterocycles. The zero-order chi connectivity index (χ0) is 21.5. The Balaban J connectivity index is 1.44. The summed E-state index contributed by atoms with van der Waals surface area (Å²) >= 11 is 0. The molecule has 3 aromatic carbocycles. The highest BCUT2D eigenvalue weighted by Gasteiger charge is 2.42. The van der Waals surface area contributed by atoms with Crippen LogP contribution in [0.3, 0.4) is 0 Å². The number of nitrogens with zero attached hydrogens (tertiary/aromatic N) is 2. The Bertz CT molecular complexity index is 1140. The second-order valence-corrected chi connectivity index (χ2v) is 8.15. The summed E-state index contributed by atoms with van der Waals surface area (Å²) in [5.41, 5.74) is 2.48. The minimum absolute atomic E-state index is 0.0744. The number of hydrogen-bond acceptors (Lipinski definition) is 3. The SMILES string of the molecule is CN1C(=O)c2ccc(-c3ccc(F)cc3F)cc2OC2CN(Cc3ccccc3)CC21. The van der Waals surface area contributed by atoms with Crippen molar-refractivity contribution >= 4 is 5.91 Å². The van der Waals surface area contributed by atoms with Gasteiger partial charge in [0.05, 0.1) is 11.6 Å². The van der Waals surface area contributed by atoms with E-state index in [1.807, 2.05) is 18.2 Å². The van der Waals surface area contributed by atoms with Gasteiger partial charge in [0.2, 0.25) is 0 Å². The van der Waals surface area contributed by atoms with Crippen molar-refractivity contribution in [2.24, 2.45) is 0 Å². The average Bonchev–Trinajstić information content (AvgIpc) is 3.11. The molecular weight excluding hydrogens is 398 g/mol. The van der Waals surface area contributed by atoms with Crippen molar-refractivity contribution in [1.29, 1.82) is 0 Å². The fourth-order valence-electron chi connectivity index (χ4n) is 4.48. The number of halogens is 2. The van der Waals surface area contributed by atoms with Crippen molar-refractivity contribution in [3.8, 4) is 16.9 Å². The highest BCUT2D eigenvalue weighted by molar-refractivity contribution is 5.98. The first kappa shape index (κ1) is 19.7. The maximum Gasteiger partial charge on any atom is 0.257 e. The van der Waals surface area contributed by atoms with Gasteiger partial charge in [-0.3, -0.25) is 9.69 Å². The molecule has 3 aromatic rings. The zero-order valence-corrected chi connectivity index (χ0v) is 17.1. The number of hydrogen-bond donors (Lipinski definition) is 0. The number of benzene rings is 3. The summed E-state index contributed by atoms with van der Waals surface area (Å²) in [6, 6.07) is 18.6. The second kappa shape index (κ2) is 7.78. The molecule has 1 amide bonds. The minimum Gasteiger partial charge on any atom is -0.486 e.